The van der Waals surface area contributed by atoms with Gasteiger partial charge in [0.05, 0.1) is 6.04 Å². The third-order valence-electron chi connectivity index (χ3n) is 5.17. The van der Waals surface area contributed by atoms with Crippen molar-refractivity contribution in [2.75, 3.05) is 0 Å². The molecule has 116 valence electrons. The Hall–Kier alpha value is -0.870. The van der Waals surface area contributed by atoms with E-state index in [1.807, 2.05) is 6.92 Å². The monoisotopic (exact) mass is 306 g/mol. The summed E-state index contributed by atoms with van der Waals surface area (Å²) >= 11 is 1.71. The summed E-state index contributed by atoms with van der Waals surface area (Å²) in [5, 5.41) is 7.77. The Morgan fingerprint density at radius 2 is 2.10 bits per heavy atom. The topological polar surface area (TPSA) is 32.3 Å². The molecule has 1 amide bonds. The van der Waals surface area contributed by atoms with Crippen LogP contribution in [0.25, 0.3) is 0 Å². The lowest BCUT2D eigenvalue weighted by atomic mass is 9.77. The van der Waals surface area contributed by atoms with Crippen molar-refractivity contribution in [1.29, 1.82) is 0 Å². The average molecular weight is 306 g/mol. The fourth-order valence-corrected chi connectivity index (χ4v) is 4.72. The van der Waals surface area contributed by atoms with Crippen molar-refractivity contribution in [3.05, 3.63) is 22.4 Å². The minimum atomic E-state index is -0.0651. The van der Waals surface area contributed by atoms with E-state index in [0.29, 0.717) is 17.9 Å². The molecule has 0 aromatic carbocycles. The number of carbonyl (C=O) groups is 1. The molecule has 1 saturated heterocycles. The lowest BCUT2D eigenvalue weighted by Crippen LogP contribution is -2.47. The van der Waals surface area contributed by atoms with E-state index in [-0.39, 0.29) is 18.1 Å². The normalized spacial score (nSPS) is 33.9. The molecule has 2 aliphatic rings. The zero-order valence-corrected chi connectivity index (χ0v) is 14.0. The van der Waals surface area contributed by atoms with Crippen molar-refractivity contribution in [3.63, 3.8) is 0 Å². The molecule has 21 heavy (non-hydrogen) atoms. The first-order chi connectivity index (χ1) is 10.1. The number of rotatable bonds is 3. The number of nitrogens with zero attached hydrogens (tertiary/aromatic N) is 1. The Labute approximate surface area is 131 Å². The average Bonchev–Trinajstić information content (AvgIpc) is 3.08. The standard InChI is InChI=1S/C17H26N2OS/c1-11(2)14-6-4-5-7-15(14)19-16(13-8-9-21-10-13)18-12(3)17(19)20/h8-12,14-16,18H,4-7H2,1-3H3. The lowest BCUT2D eigenvalue weighted by Gasteiger charge is -2.42. The van der Waals surface area contributed by atoms with Crippen LogP contribution in [0.4, 0.5) is 0 Å². The second-order valence-corrected chi connectivity index (χ2v) is 7.63. The van der Waals surface area contributed by atoms with Crippen LogP contribution in [0.15, 0.2) is 16.8 Å². The van der Waals surface area contributed by atoms with Gasteiger partial charge in [-0.1, -0.05) is 26.7 Å². The van der Waals surface area contributed by atoms with E-state index in [1.165, 1.54) is 24.8 Å². The van der Waals surface area contributed by atoms with Crippen molar-refractivity contribution in [3.8, 4) is 0 Å². The highest BCUT2D eigenvalue weighted by atomic mass is 32.1. The zero-order chi connectivity index (χ0) is 15.0. The highest BCUT2D eigenvalue weighted by Gasteiger charge is 2.44. The number of carbonyl (C=O) groups excluding carboxylic acids is 1. The van der Waals surface area contributed by atoms with E-state index < -0.39 is 0 Å². The van der Waals surface area contributed by atoms with Crippen molar-refractivity contribution in [2.45, 2.75) is 64.7 Å². The molecule has 1 N–H and O–H groups in total. The first-order valence-electron chi connectivity index (χ1n) is 8.20. The second-order valence-electron chi connectivity index (χ2n) is 6.85. The summed E-state index contributed by atoms with van der Waals surface area (Å²) in [6.45, 7) is 6.61. The van der Waals surface area contributed by atoms with Crippen LogP contribution in [0.2, 0.25) is 0 Å². The molecule has 1 aromatic heterocycles. The van der Waals surface area contributed by atoms with E-state index in [4.69, 9.17) is 0 Å². The molecule has 3 nitrogen and oxygen atoms in total. The molecule has 3 rings (SSSR count). The lowest BCUT2D eigenvalue weighted by molar-refractivity contribution is -0.134. The molecule has 1 aromatic rings. The van der Waals surface area contributed by atoms with Crippen LogP contribution >= 0.6 is 11.3 Å². The molecule has 4 atom stereocenters. The van der Waals surface area contributed by atoms with Crippen molar-refractivity contribution in [2.24, 2.45) is 11.8 Å². The number of nitrogens with one attached hydrogen (secondary N) is 1. The van der Waals surface area contributed by atoms with Crippen molar-refractivity contribution in [1.82, 2.24) is 10.2 Å². The van der Waals surface area contributed by atoms with Crippen LogP contribution in [0.1, 0.15) is 58.2 Å². The smallest absolute Gasteiger partial charge is 0.241 e. The Bertz CT molecular complexity index is 485. The first-order valence-corrected chi connectivity index (χ1v) is 9.14. The summed E-state index contributed by atoms with van der Waals surface area (Å²) < 4.78 is 0. The minimum Gasteiger partial charge on any atom is -0.318 e. The van der Waals surface area contributed by atoms with Gasteiger partial charge in [-0.2, -0.15) is 11.3 Å². The van der Waals surface area contributed by atoms with E-state index in [2.05, 4.69) is 40.9 Å². The molecule has 1 saturated carbocycles. The van der Waals surface area contributed by atoms with Crippen LogP contribution in [0, 0.1) is 11.8 Å². The van der Waals surface area contributed by atoms with Gasteiger partial charge in [-0.05, 0) is 54.0 Å². The first kappa shape index (κ1) is 15.0. The molecular formula is C17H26N2OS. The van der Waals surface area contributed by atoms with E-state index in [9.17, 15) is 4.79 Å². The van der Waals surface area contributed by atoms with Crippen LogP contribution in [-0.4, -0.2) is 22.9 Å². The maximum absolute atomic E-state index is 12.7. The molecule has 2 heterocycles. The third-order valence-corrected chi connectivity index (χ3v) is 5.87. The number of thiophene rings is 1. The van der Waals surface area contributed by atoms with Gasteiger partial charge >= 0.3 is 0 Å². The third kappa shape index (κ3) is 2.76. The summed E-state index contributed by atoms with van der Waals surface area (Å²) in [4.78, 5) is 14.9. The van der Waals surface area contributed by atoms with Gasteiger partial charge < -0.3 is 4.90 Å². The summed E-state index contributed by atoms with van der Waals surface area (Å²) in [5.74, 6) is 1.56. The predicted molar refractivity (Wildman–Crippen MR) is 87.1 cm³/mol. The number of amides is 1. The predicted octanol–water partition coefficient (Wildman–Crippen LogP) is 3.78. The Morgan fingerprint density at radius 1 is 1.33 bits per heavy atom. The Balaban J connectivity index is 1.90. The number of hydrogen-bond donors (Lipinski definition) is 1. The SMILES string of the molecule is CC1NC(c2ccsc2)N(C2CCCCC2C(C)C)C1=O. The highest BCUT2D eigenvalue weighted by Crippen LogP contribution is 2.39. The molecule has 2 fully saturated rings. The van der Waals surface area contributed by atoms with Crippen LogP contribution in [0.5, 0.6) is 0 Å². The summed E-state index contributed by atoms with van der Waals surface area (Å²) in [7, 11) is 0. The zero-order valence-electron chi connectivity index (χ0n) is 13.2. The van der Waals surface area contributed by atoms with Gasteiger partial charge in [0.25, 0.3) is 0 Å². The summed E-state index contributed by atoms with van der Waals surface area (Å²) in [5.41, 5.74) is 1.24. The Kier molecular flexibility index (Phi) is 4.36. The van der Waals surface area contributed by atoms with Crippen LogP contribution in [-0.2, 0) is 4.79 Å². The van der Waals surface area contributed by atoms with Gasteiger partial charge in [-0.3, -0.25) is 10.1 Å². The van der Waals surface area contributed by atoms with E-state index >= 15 is 0 Å². The van der Waals surface area contributed by atoms with E-state index in [1.54, 1.807) is 11.3 Å². The number of hydrogen-bond acceptors (Lipinski definition) is 3. The maximum Gasteiger partial charge on any atom is 0.241 e. The molecular weight excluding hydrogens is 280 g/mol. The molecule has 4 heteroatoms. The molecule has 0 radical (unpaired) electrons. The maximum atomic E-state index is 12.7. The fraction of sp³-hybridized carbons (Fsp3) is 0.706. The molecule has 0 bridgehead atoms. The van der Waals surface area contributed by atoms with Gasteiger partial charge in [0.15, 0.2) is 0 Å². The quantitative estimate of drug-likeness (QED) is 0.921. The summed E-state index contributed by atoms with van der Waals surface area (Å²) in [6, 6.07) is 2.48. The fourth-order valence-electron chi connectivity index (χ4n) is 4.04. The second kappa shape index (κ2) is 6.09. The molecule has 4 unspecified atom stereocenters. The largest absolute Gasteiger partial charge is 0.318 e. The van der Waals surface area contributed by atoms with Crippen molar-refractivity contribution < 1.29 is 4.79 Å². The van der Waals surface area contributed by atoms with E-state index in [0.717, 1.165) is 6.42 Å². The van der Waals surface area contributed by atoms with Gasteiger partial charge in [0.1, 0.15) is 6.17 Å². The van der Waals surface area contributed by atoms with Crippen molar-refractivity contribution >= 4 is 17.2 Å². The van der Waals surface area contributed by atoms with Crippen LogP contribution in [0.3, 0.4) is 0 Å². The van der Waals surface area contributed by atoms with Gasteiger partial charge in [0.2, 0.25) is 5.91 Å². The molecule has 1 aliphatic carbocycles. The van der Waals surface area contributed by atoms with Crippen LogP contribution < -0.4 is 5.32 Å². The highest BCUT2D eigenvalue weighted by molar-refractivity contribution is 7.07. The van der Waals surface area contributed by atoms with Gasteiger partial charge in [0, 0.05) is 6.04 Å². The molecule has 1 aliphatic heterocycles. The minimum absolute atomic E-state index is 0.0651. The summed E-state index contributed by atoms with van der Waals surface area (Å²) in [6.07, 6.45) is 5.05. The van der Waals surface area contributed by atoms with Gasteiger partial charge in [-0.15, -0.1) is 0 Å². The Morgan fingerprint density at radius 3 is 2.76 bits per heavy atom. The molecule has 0 spiro atoms. The van der Waals surface area contributed by atoms with Gasteiger partial charge in [-0.25, -0.2) is 0 Å².